The molecular weight excluding hydrogens is 274 g/mol. The third-order valence-corrected chi connectivity index (χ3v) is 3.11. The first-order valence-electron chi connectivity index (χ1n) is 7.18. The number of rotatable bonds is 6. The smallest absolute Gasteiger partial charge is 0.322 e. The van der Waals surface area contributed by atoms with Crippen LogP contribution >= 0.6 is 0 Å². The fraction of sp³-hybridized carbons (Fsp3) is 0.769. The second-order valence-electron chi connectivity index (χ2n) is 5.54. The first-order chi connectivity index (χ1) is 10.0. The van der Waals surface area contributed by atoms with Crippen LogP contribution in [0.2, 0.25) is 0 Å². The zero-order valence-electron chi connectivity index (χ0n) is 12.8. The van der Waals surface area contributed by atoms with E-state index in [1.165, 1.54) is 0 Å². The summed E-state index contributed by atoms with van der Waals surface area (Å²) in [5.74, 6) is 0.474. The van der Waals surface area contributed by atoms with E-state index in [9.17, 15) is 4.79 Å². The van der Waals surface area contributed by atoms with Gasteiger partial charge in [0.1, 0.15) is 0 Å². The summed E-state index contributed by atoms with van der Waals surface area (Å²) >= 11 is 0. The number of carbonyl (C=O) groups excluding carboxylic acids is 1. The number of amides is 1. The number of hydrogen-bond acceptors (Lipinski definition) is 7. The summed E-state index contributed by atoms with van der Waals surface area (Å²) in [5.41, 5.74) is 0. The van der Waals surface area contributed by atoms with E-state index in [-0.39, 0.29) is 30.5 Å². The summed E-state index contributed by atoms with van der Waals surface area (Å²) in [4.78, 5) is 13.8. The lowest BCUT2D eigenvalue weighted by molar-refractivity contribution is -0.117. The van der Waals surface area contributed by atoms with Crippen molar-refractivity contribution >= 4 is 11.9 Å². The molecule has 0 aliphatic carbocycles. The number of hydrogen-bond donors (Lipinski definition) is 2. The summed E-state index contributed by atoms with van der Waals surface area (Å²) in [6.45, 7) is 7.25. The van der Waals surface area contributed by atoms with Gasteiger partial charge in [-0.2, -0.15) is 0 Å². The summed E-state index contributed by atoms with van der Waals surface area (Å²) in [7, 11) is 1.88. The SMILES string of the molecule is CC(C)c1nnc(NC(=O)CN(C)CC2CNCCO2)o1. The molecule has 2 rings (SSSR count). The van der Waals surface area contributed by atoms with E-state index in [0.29, 0.717) is 19.0 Å². The van der Waals surface area contributed by atoms with Crippen molar-refractivity contribution in [1.82, 2.24) is 20.4 Å². The van der Waals surface area contributed by atoms with Crippen molar-refractivity contribution in [1.29, 1.82) is 0 Å². The van der Waals surface area contributed by atoms with E-state index in [2.05, 4.69) is 20.8 Å². The van der Waals surface area contributed by atoms with Crippen molar-refractivity contribution in [3.05, 3.63) is 5.89 Å². The fourth-order valence-corrected chi connectivity index (χ4v) is 2.07. The maximum atomic E-state index is 11.9. The maximum Gasteiger partial charge on any atom is 0.322 e. The fourth-order valence-electron chi connectivity index (χ4n) is 2.07. The van der Waals surface area contributed by atoms with Gasteiger partial charge < -0.3 is 14.5 Å². The number of ether oxygens (including phenoxy) is 1. The number of aromatic nitrogens is 2. The number of anilines is 1. The number of nitrogens with one attached hydrogen (secondary N) is 2. The second-order valence-corrected chi connectivity index (χ2v) is 5.54. The molecule has 0 saturated carbocycles. The molecule has 2 N–H and O–H groups in total. The van der Waals surface area contributed by atoms with Crippen LogP contribution in [0.1, 0.15) is 25.7 Å². The molecule has 1 aromatic rings. The van der Waals surface area contributed by atoms with Gasteiger partial charge in [-0.1, -0.05) is 18.9 Å². The molecule has 0 bridgehead atoms. The Hall–Kier alpha value is -1.51. The van der Waals surface area contributed by atoms with Crippen molar-refractivity contribution in [2.75, 3.05) is 45.2 Å². The minimum Gasteiger partial charge on any atom is -0.408 e. The average Bonchev–Trinajstić information content (AvgIpc) is 2.88. The Balaban J connectivity index is 1.74. The molecule has 0 spiro atoms. The Morgan fingerprint density at radius 3 is 2.95 bits per heavy atom. The van der Waals surface area contributed by atoms with Crippen LogP contribution in [0.5, 0.6) is 0 Å². The molecule has 1 fully saturated rings. The third kappa shape index (κ3) is 5.07. The van der Waals surface area contributed by atoms with Gasteiger partial charge in [0, 0.05) is 25.6 Å². The molecule has 118 valence electrons. The van der Waals surface area contributed by atoms with Gasteiger partial charge in [0.2, 0.25) is 11.8 Å². The van der Waals surface area contributed by atoms with Crippen LogP contribution < -0.4 is 10.6 Å². The normalized spacial score (nSPS) is 19.2. The quantitative estimate of drug-likeness (QED) is 0.766. The first-order valence-corrected chi connectivity index (χ1v) is 7.18. The van der Waals surface area contributed by atoms with E-state index in [1.807, 2.05) is 25.8 Å². The van der Waals surface area contributed by atoms with E-state index in [0.717, 1.165) is 13.1 Å². The molecule has 1 atom stereocenters. The highest BCUT2D eigenvalue weighted by Gasteiger charge is 2.18. The van der Waals surface area contributed by atoms with Crippen LogP contribution in [0, 0.1) is 0 Å². The van der Waals surface area contributed by atoms with Crippen LogP contribution in [0.3, 0.4) is 0 Å². The van der Waals surface area contributed by atoms with Crippen molar-refractivity contribution in [3.8, 4) is 0 Å². The number of nitrogens with zero attached hydrogens (tertiary/aromatic N) is 3. The molecule has 1 aromatic heterocycles. The molecule has 8 nitrogen and oxygen atoms in total. The molecular formula is C13H23N5O3. The highest BCUT2D eigenvalue weighted by molar-refractivity contribution is 5.90. The van der Waals surface area contributed by atoms with Crippen LogP contribution in [-0.2, 0) is 9.53 Å². The van der Waals surface area contributed by atoms with Crippen molar-refractivity contribution in [2.24, 2.45) is 0 Å². The summed E-state index contributed by atoms with van der Waals surface area (Å²) in [6, 6.07) is 0.146. The lowest BCUT2D eigenvalue weighted by atomic mass is 10.2. The number of likely N-dealkylation sites (N-methyl/N-ethyl adjacent to an activating group) is 1. The molecule has 8 heteroatoms. The molecule has 1 saturated heterocycles. The average molecular weight is 297 g/mol. The summed E-state index contributed by atoms with van der Waals surface area (Å²) in [5, 5.41) is 13.5. The molecule has 1 unspecified atom stereocenters. The number of morpholine rings is 1. The van der Waals surface area contributed by atoms with E-state index < -0.39 is 0 Å². The molecule has 2 heterocycles. The molecule has 1 aliphatic heterocycles. The van der Waals surface area contributed by atoms with Gasteiger partial charge >= 0.3 is 6.01 Å². The van der Waals surface area contributed by atoms with Gasteiger partial charge in [0.15, 0.2) is 0 Å². The van der Waals surface area contributed by atoms with Gasteiger partial charge in [0.25, 0.3) is 0 Å². The summed E-state index contributed by atoms with van der Waals surface area (Å²) in [6.07, 6.45) is 0.118. The standard InChI is InChI=1S/C13H23N5O3/c1-9(2)12-16-17-13(21-12)15-11(19)8-18(3)7-10-6-14-4-5-20-10/h9-10,14H,4-8H2,1-3H3,(H,15,17,19). The van der Waals surface area contributed by atoms with Crippen molar-refractivity contribution < 1.29 is 13.9 Å². The maximum absolute atomic E-state index is 11.9. The Bertz CT molecular complexity index is 456. The topological polar surface area (TPSA) is 92.5 Å². The lowest BCUT2D eigenvalue weighted by Gasteiger charge is -2.27. The number of carbonyl (C=O) groups is 1. The van der Waals surface area contributed by atoms with Gasteiger partial charge in [-0.25, -0.2) is 0 Å². The Morgan fingerprint density at radius 1 is 1.52 bits per heavy atom. The Kier molecular flexibility index (Phi) is 5.66. The minimum atomic E-state index is -0.180. The van der Waals surface area contributed by atoms with Gasteiger partial charge in [0.05, 0.1) is 19.3 Å². The largest absolute Gasteiger partial charge is 0.408 e. The predicted octanol–water partition coefficient (Wildman–Crippen LogP) is 0.0517. The second kappa shape index (κ2) is 7.48. The van der Waals surface area contributed by atoms with E-state index >= 15 is 0 Å². The Morgan fingerprint density at radius 2 is 2.33 bits per heavy atom. The van der Waals surface area contributed by atoms with Crippen LogP contribution in [0.15, 0.2) is 4.42 Å². The monoisotopic (exact) mass is 297 g/mol. The zero-order chi connectivity index (χ0) is 15.2. The molecule has 21 heavy (non-hydrogen) atoms. The van der Waals surface area contributed by atoms with E-state index in [1.54, 1.807) is 0 Å². The molecule has 0 radical (unpaired) electrons. The molecule has 0 aromatic carbocycles. The predicted molar refractivity (Wildman–Crippen MR) is 77.1 cm³/mol. The summed E-state index contributed by atoms with van der Waals surface area (Å²) < 4.78 is 10.9. The third-order valence-electron chi connectivity index (χ3n) is 3.11. The zero-order valence-corrected chi connectivity index (χ0v) is 12.8. The highest BCUT2D eigenvalue weighted by atomic mass is 16.5. The van der Waals surface area contributed by atoms with Crippen LogP contribution in [0.25, 0.3) is 0 Å². The lowest BCUT2D eigenvalue weighted by Crippen LogP contribution is -2.45. The molecule has 1 amide bonds. The Labute approximate surface area is 124 Å². The highest BCUT2D eigenvalue weighted by Crippen LogP contribution is 2.14. The first kappa shape index (κ1) is 15.9. The molecule has 1 aliphatic rings. The minimum absolute atomic E-state index is 0.118. The van der Waals surface area contributed by atoms with Crippen LogP contribution in [-0.4, -0.2) is 66.9 Å². The van der Waals surface area contributed by atoms with Gasteiger partial charge in [-0.15, -0.1) is 5.10 Å². The van der Waals surface area contributed by atoms with Crippen LogP contribution in [0.4, 0.5) is 6.01 Å². The van der Waals surface area contributed by atoms with E-state index in [4.69, 9.17) is 9.15 Å². The van der Waals surface area contributed by atoms with Gasteiger partial charge in [-0.3, -0.25) is 15.0 Å². The van der Waals surface area contributed by atoms with Gasteiger partial charge in [-0.05, 0) is 7.05 Å². The van der Waals surface area contributed by atoms with Crippen molar-refractivity contribution in [2.45, 2.75) is 25.9 Å². The van der Waals surface area contributed by atoms with Crippen molar-refractivity contribution in [3.63, 3.8) is 0 Å².